The van der Waals surface area contributed by atoms with Crippen molar-refractivity contribution >= 4 is 21.6 Å². The molecule has 5 rings (SSSR count). The van der Waals surface area contributed by atoms with Crippen LogP contribution in [-0.4, -0.2) is 14.9 Å². The summed E-state index contributed by atoms with van der Waals surface area (Å²) in [5, 5.41) is 0.792. The number of H-pyrrole nitrogens is 1. The quantitative estimate of drug-likeness (QED) is 0.549. The van der Waals surface area contributed by atoms with Crippen LogP contribution in [-0.2, 0) is 32.5 Å². The summed E-state index contributed by atoms with van der Waals surface area (Å²) < 4.78 is 11.0. The molecule has 0 aliphatic heterocycles. The number of nitrogens with zero attached hydrogens (tertiary/aromatic N) is 2. The van der Waals surface area contributed by atoms with Crippen molar-refractivity contribution in [2.45, 2.75) is 38.9 Å². The highest BCUT2D eigenvalue weighted by atomic mass is 32.1. The van der Waals surface area contributed by atoms with Crippen molar-refractivity contribution in [3.8, 4) is 0 Å². The second-order valence-corrected chi connectivity index (χ2v) is 7.94. The summed E-state index contributed by atoms with van der Waals surface area (Å²) in [6.45, 7) is 1.72. The molecule has 7 heteroatoms. The Bertz CT molecular complexity index is 1070. The van der Waals surface area contributed by atoms with Crippen LogP contribution in [0, 0.1) is 0 Å². The lowest BCUT2D eigenvalue weighted by Crippen LogP contribution is -2.25. The minimum absolute atomic E-state index is 0.0228. The zero-order valence-corrected chi connectivity index (χ0v) is 15.6. The van der Waals surface area contributed by atoms with Crippen LogP contribution in [0.3, 0.4) is 0 Å². The predicted molar refractivity (Wildman–Crippen MR) is 103 cm³/mol. The molecule has 0 aromatic carbocycles. The van der Waals surface area contributed by atoms with E-state index in [9.17, 15) is 4.79 Å². The molecule has 0 radical (unpaired) electrons. The van der Waals surface area contributed by atoms with Crippen LogP contribution in [0.2, 0.25) is 0 Å². The first-order valence-corrected chi connectivity index (χ1v) is 9.88. The first-order valence-electron chi connectivity index (χ1n) is 9.07. The average molecular weight is 381 g/mol. The third kappa shape index (κ3) is 3.24. The van der Waals surface area contributed by atoms with E-state index >= 15 is 0 Å². The van der Waals surface area contributed by atoms with Gasteiger partial charge in [0.05, 0.1) is 37.5 Å². The van der Waals surface area contributed by atoms with Crippen molar-refractivity contribution in [2.75, 3.05) is 0 Å². The number of rotatable bonds is 6. The molecule has 4 aromatic rings. The lowest BCUT2D eigenvalue weighted by atomic mass is 10.2. The van der Waals surface area contributed by atoms with E-state index in [2.05, 4.69) is 9.88 Å². The summed E-state index contributed by atoms with van der Waals surface area (Å²) >= 11 is 1.67. The van der Waals surface area contributed by atoms with Crippen molar-refractivity contribution in [1.82, 2.24) is 14.9 Å². The Kier molecular flexibility index (Phi) is 4.18. The maximum absolute atomic E-state index is 12.7. The van der Waals surface area contributed by atoms with E-state index in [1.165, 1.54) is 10.4 Å². The van der Waals surface area contributed by atoms with Crippen LogP contribution in [0.5, 0.6) is 0 Å². The Balaban J connectivity index is 1.45. The Labute approximate surface area is 159 Å². The highest BCUT2D eigenvalue weighted by Gasteiger charge is 2.22. The third-order valence-corrected chi connectivity index (χ3v) is 6.10. The van der Waals surface area contributed by atoms with Gasteiger partial charge in [0, 0.05) is 4.88 Å². The number of fused-ring (bicyclic) bond motifs is 3. The molecule has 0 saturated carbocycles. The Morgan fingerprint density at radius 2 is 1.81 bits per heavy atom. The number of nitrogens with one attached hydrogen (secondary N) is 1. The molecule has 0 fully saturated rings. The Hall–Kier alpha value is -2.64. The maximum atomic E-state index is 12.7. The number of aromatic amines is 1. The lowest BCUT2D eigenvalue weighted by molar-refractivity contribution is 0.205. The molecular formula is C20H19N3O3S. The second kappa shape index (κ2) is 6.83. The Morgan fingerprint density at radius 1 is 1.07 bits per heavy atom. The molecule has 6 nitrogen and oxygen atoms in total. The molecular weight excluding hydrogens is 362 g/mol. The summed E-state index contributed by atoms with van der Waals surface area (Å²) in [6.07, 6.45) is 6.52. The molecule has 0 atom stereocenters. The summed E-state index contributed by atoms with van der Waals surface area (Å²) in [7, 11) is 0. The van der Waals surface area contributed by atoms with E-state index in [0.717, 1.165) is 41.0 Å². The zero-order valence-electron chi connectivity index (χ0n) is 14.7. The molecule has 0 bridgehead atoms. The van der Waals surface area contributed by atoms with Crippen LogP contribution in [0.4, 0.5) is 0 Å². The minimum Gasteiger partial charge on any atom is -0.468 e. The van der Waals surface area contributed by atoms with Gasteiger partial charge < -0.3 is 13.8 Å². The topological polar surface area (TPSA) is 75.3 Å². The zero-order chi connectivity index (χ0) is 18.2. The standard InChI is InChI=1S/C20H19N3O3S/c24-19-18-15-6-1-7-16(15)27-20(18)22-17(21-19)12-23(10-13-4-2-8-25-13)11-14-5-3-9-26-14/h2-5,8-9H,1,6-7,10-12H2,(H,21,22,24). The molecule has 0 amide bonds. The predicted octanol–water partition coefficient (Wildman–Crippen LogP) is 3.86. The molecule has 1 aliphatic rings. The first kappa shape index (κ1) is 16.5. The van der Waals surface area contributed by atoms with Gasteiger partial charge in [-0.15, -0.1) is 11.3 Å². The van der Waals surface area contributed by atoms with Crippen LogP contribution in [0.1, 0.15) is 34.2 Å². The fraction of sp³-hybridized carbons (Fsp3) is 0.300. The van der Waals surface area contributed by atoms with Crippen molar-refractivity contribution in [3.05, 3.63) is 74.9 Å². The number of aryl methyl sites for hydroxylation is 2. The lowest BCUT2D eigenvalue weighted by Gasteiger charge is -2.19. The molecule has 0 spiro atoms. The van der Waals surface area contributed by atoms with E-state index in [4.69, 9.17) is 13.8 Å². The van der Waals surface area contributed by atoms with E-state index in [1.54, 1.807) is 23.9 Å². The molecule has 27 heavy (non-hydrogen) atoms. The van der Waals surface area contributed by atoms with Crippen molar-refractivity contribution in [1.29, 1.82) is 0 Å². The fourth-order valence-corrected chi connectivity index (χ4v) is 5.03. The number of hydrogen-bond acceptors (Lipinski definition) is 6. The van der Waals surface area contributed by atoms with Crippen LogP contribution in [0.25, 0.3) is 10.2 Å². The molecule has 0 saturated heterocycles. The van der Waals surface area contributed by atoms with E-state index in [-0.39, 0.29) is 5.56 Å². The fourth-order valence-electron chi connectivity index (χ4n) is 3.75. The van der Waals surface area contributed by atoms with Crippen LogP contribution < -0.4 is 5.56 Å². The SMILES string of the molecule is O=c1[nH]c(CN(Cc2ccco2)Cc2ccco2)nc2sc3c(c12)CCC3. The summed E-state index contributed by atoms with van der Waals surface area (Å²) in [5.41, 5.74) is 1.18. The van der Waals surface area contributed by atoms with Gasteiger partial charge in [-0.2, -0.15) is 0 Å². The first-order chi connectivity index (χ1) is 13.3. The summed E-state index contributed by atoms with van der Waals surface area (Å²) in [6, 6.07) is 7.64. The molecule has 4 aromatic heterocycles. The van der Waals surface area contributed by atoms with Gasteiger partial charge in [-0.1, -0.05) is 0 Å². The highest BCUT2D eigenvalue weighted by Crippen LogP contribution is 2.34. The monoisotopic (exact) mass is 381 g/mol. The number of hydrogen-bond donors (Lipinski definition) is 1. The number of aromatic nitrogens is 2. The summed E-state index contributed by atoms with van der Waals surface area (Å²) in [4.78, 5) is 24.8. The molecule has 4 heterocycles. The largest absolute Gasteiger partial charge is 0.468 e. The van der Waals surface area contributed by atoms with Crippen LogP contribution in [0.15, 0.2) is 50.4 Å². The second-order valence-electron chi connectivity index (χ2n) is 6.85. The van der Waals surface area contributed by atoms with Gasteiger partial charge in [0.1, 0.15) is 22.2 Å². The molecule has 1 aliphatic carbocycles. The highest BCUT2D eigenvalue weighted by molar-refractivity contribution is 7.18. The molecule has 0 unspecified atom stereocenters. The van der Waals surface area contributed by atoms with Gasteiger partial charge in [-0.25, -0.2) is 4.98 Å². The number of thiophene rings is 1. The minimum atomic E-state index is -0.0228. The van der Waals surface area contributed by atoms with Gasteiger partial charge in [0.2, 0.25) is 0 Å². The van der Waals surface area contributed by atoms with Gasteiger partial charge in [0.25, 0.3) is 5.56 Å². The maximum Gasteiger partial charge on any atom is 0.259 e. The summed E-state index contributed by atoms with van der Waals surface area (Å²) in [5.74, 6) is 2.39. The molecule has 1 N–H and O–H groups in total. The Morgan fingerprint density at radius 3 is 2.48 bits per heavy atom. The van der Waals surface area contributed by atoms with Gasteiger partial charge in [-0.3, -0.25) is 9.69 Å². The van der Waals surface area contributed by atoms with Crippen molar-refractivity contribution in [2.24, 2.45) is 0 Å². The van der Waals surface area contributed by atoms with Gasteiger partial charge in [0.15, 0.2) is 0 Å². The van der Waals surface area contributed by atoms with Crippen LogP contribution >= 0.6 is 11.3 Å². The van der Waals surface area contributed by atoms with Crippen molar-refractivity contribution < 1.29 is 8.83 Å². The van der Waals surface area contributed by atoms with E-state index in [0.29, 0.717) is 25.5 Å². The average Bonchev–Trinajstić information content (AvgIpc) is 3.39. The smallest absolute Gasteiger partial charge is 0.259 e. The van der Waals surface area contributed by atoms with Crippen molar-refractivity contribution in [3.63, 3.8) is 0 Å². The number of furan rings is 2. The molecule has 138 valence electrons. The normalized spacial score (nSPS) is 13.7. The van der Waals surface area contributed by atoms with E-state index < -0.39 is 0 Å². The van der Waals surface area contributed by atoms with Gasteiger partial charge >= 0.3 is 0 Å². The third-order valence-electron chi connectivity index (χ3n) is 4.92. The van der Waals surface area contributed by atoms with E-state index in [1.807, 2.05) is 24.3 Å². The van der Waals surface area contributed by atoms with Gasteiger partial charge in [-0.05, 0) is 49.1 Å².